The summed E-state index contributed by atoms with van der Waals surface area (Å²) in [5.74, 6) is 1.61. The number of para-hydroxylation sites is 1. The summed E-state index contributed by atoms with van der Waals surface area (Å²) in [6, 6.07) is 14.4. The molecule has 0 radical (unpaired) electrons. The van der Waals surface area contributed by atoms with Crippen LogP contribution in [0, 0.1) is 0 Å². The molecule has 0 spiro atoms. The molecule has 2 aromatic rings. The SMILES string of the molecule is c1ccc(CCNCC2CCOc3ccccc32)nc1. The van der Waals surface area contributed by atoms with Crippen molar-refractivity contribution in [1.29, 1.82) is 0 Å². The van der Waals surface area contributed by atoms with Crippen molar-refractivity contribution in [1.82, 2.24) is 10.3 Å². The van der Waals surface area contributed by atoms with Gasteiger partial charge in [0.25, 0.3) is 0 Å². The molecule has 1 aromatic carbocycles. The Kier molecular flexibility index (Phi) is 4.28. The lowest BCUT2D eigenvalue weighted by atomic mass is 9.93. The van der Waals surface area contributed by atoms with E-state index in [1.807, 2.05) is 24.4 Å². The summed E-state index contributed by atoms with van der Waals surface area (Å²) in [6.07, 6.45) is 3.92. The Hall–Kier alpha value is -1.87. The summed E-state index contributed by atoms with van der Waals surface area (Å²) in [4.78, 5) is 4.34. The molecule has 3 rings (SSSR count). The minimum Gasteiger partial charge on any atom is -0.493 e. The van der Waals surface area contributed by atoms with E-state index in [9.17, 15) is 0 Å². The Morgan fingerprint density at radius 2 is 2.05 bits per heavy atom. The molecular weight excluding hydrogens is 248 g/mol. The molecule has 0 aliphatic carbocycles. The van der Waals surface area contributed by atoms with Crippen molar-refractivity contribution in [2.24, 2.45) is 0 Å². The van der Waals surface area contributed by atoms with Crippen LogP contribution in [0.1, 0.15) is 23.6 Å². The first-order valence-electron chi connectivity index (χ1n) is 7.26. The Bertz CT molecular complexity index is 542. The van der Waals surface area contributed by atoms with Gasteiger partial charge in [-0.3, -0.25) is 4.98 Å². The molecule has 3 heteroatoms. The number of ether oxygens (including phenoxy) is 1. The summed E-state index contributed by atoms with van der Waals surface area (Å²) in [6.45, 7) is 2.80. The molecule has 1 aliphatic heterocycles. The highest BCUT2D eigenvalue weighted by atomic mass is 16.5. The van der Waals surface area contributed by atoms with Gasteiger partial charge in [-0.25, -0.2) is 0 Å². The van der Waals surface area contributed by atoms with Crippen molar-refractivity contribution in [2.45, 2.75) is 18.8 Å². The molecule has 0 fully saturated rings. The lowest BCUT2D eigenvalue weighted by Crippen LogP contribution is -2.27. The van der Waals surface area contributed by atoms with Gasteiger partial charge < -0.3 is 10.1 Å². The molecule has 1 N–H and O–H groups in total. The third-order valence-corrected chi connectivity index (χ3v) is 3.76. The van der Waals surface area contributed by atoms with Gasteiger partial charge in [-0.1, -0.05) is 24.3 Å². The molecule has 3 nitrogen and oxygen atoms in total. The van der Waals surface area contributed by atoms with Gasteiger partial charge in [-0.2, -0.15) is 0 Å². The van der Waals surface area contributed by atoms with Gasteiger partial charge >= 0.3 is 0 Å². The van der Waals surface area contributed by atoms with Crippen LogP contribution >= 0.6 is 0 Å². The first-order valence-corrected chi connectivity index (χ1v) is 7.26. The third kappa shape index (κ3) is 3.17. The number of fused-ring (bicyclic) bond motifs is 1. The lowest BCUT2D eigenvalue weighted by Gasteiger charge is -2.26. The largest absolute Gasteiger partial charge is 0.493 e. The average molecular weight is 268 g/mol. The zero-order chi connectivity index (χ0) is 13.6. The molecule has 1 aromatic heterocycles. The summed E-state index contributed by atoms with van der Waals surface area (Å²) in [5, 5.41) is 3.55. The number of rotatable bonds is 5. The predicted octanol–water partition coefficient (Wildman–Crippen LogP) is 2.78. The smallest absolute Gasteiger partial charge is 0.122 e. The number of aromatic nitrogens is 1. The van der Waals surface area contributed by atoms with Crippen LogP contribution in [0.5, 0.6) is 5.75 Å². The first-order chi connectivity index (χ1) is 9.93. The fourth-order valence-corrected chi connectivity index (χ4v) is 2.67. The van der Waals surface area contributed by atoms with E-state index in [1.54, 1.807) is 0 Å². The molecule has 20 heavy (non-hydrogen) atoms. The number of hydrogen-bond donors (Lipinski definition) is 1. The van der Waals surface area contributed by atoms with E-state index in [1.165, 1.54) is 5.56 Å². The number of nitrogens with zero attached hydrogens (tertiary/aromatic N) is 1. The molecule has 0 bridgehead atoms. The van der Waals surface area contributed by atoms with Crippen LogP contribution in [0.2, 0.25) is 0 Å². The topological polar surface area (TPSA) is 34.1 Å². The number of benzene rings is 1. The highest BCUT2D eigenvalue weighted by Gasteiger charge is 2.20. The Labute approximate surface area is 120 Å². The monoisotopic (exact) mass is 268 g/mol. The van der Waals surface area contributed by atoms with E-state index < -0.39 is 0 Å². The lowest BCUT2D eigenvalue weighted by molar-refractivity contribution is 0.265. The van der Waals surface area contributed by atoms with Crippen molar-refractivity contribution >= 4 is 0 Å². The van der Waals surface area contributed by atoms with E-state index in [0.717, 1.165) is 44.0 Å². The summed E-state index contributed by atoms with van der Waals surface area (Å²) in [7, 11) is 0. The molecule has 1 aliphatic rings. The van der Waals surface area contributed by atoms with Gasteiger partial charge in [0.2, 0.25) is 0 Å². The maximum Gasteiger partial charge on any atom is 0.122 e. The predicted molar refractivity (Wildman–Crippen MR) is 80.1 cm³/mol. The van der Waals surface area contributed by atoms with E-state index in [0.29, 0.717) is 5.92 Å². The Morgan fingerprint density at radius 1 is 1.15 bits per heavy atom. The van der Waals surface area contributed by atoms with Gasteiger partial charge in [0, 0.05) is 37.3 Å². The second-order valence-corrected chi connectivity index (χ2v) is 5.15. The molecule has 0 amide bonds. The summed E-state index contributed by atoms with van der Waals surface area (Å²) < 4.78 is 5.69. The molecule has 1 atom stereocenters. The molecular formula is C17H20N2O. The minimum absolute atomic E-state index is 0.559. The number of hydrogen-bond acceptors (Lipinski definition) is 3. The van der Waals surface area contributed by atoms with Gasteiger partial charge in [0.05, 0.1) is 6.61 Å². The van der Waals surface area contributed by atoms with Crippen LogP contribution in [-0.4, -0.2) is 24.7 Å². The van der Waals surface area contributed by atoms with E-state index in [4.69, 9.17) is 4.74 Å². The second-order valence-electron chi connectivity index (χ2n) is 5.15. The van der Waals surface area contributed by atoms with E-state index in [2.05, 4.69) is 34.6 Å². The molecule has 2 heterocycles. The first kappa shape index (κ1) is 13.1. The van der Waals surface area contributed by atoms with Gasteiger partial charge in [0.1, 0.15) is 5.75 Å². The molecule has 0 saturated heterocycles. The number of nitrogens with one attached hydrogen (secondary N) is 1. The average Bonchev–Trinajstić information content (AvgIpc) is 2.53. The molecule has 0 saturated carbocycles. The van der Waals surface area contributed by atoms with Crippen molar-refractivity contribution in [3.63, 3.8) is 0 Å². The van der Waals surface area contributed by atoms with Crippen molar-refractivity contribution in [3.8, 4) is 5.75 Å². The second kappa shape index (κ2) is 6.53. The zero-order valence-electron chi connectivity index (χ0n) is 11.6. The highest BCUT2D eigenvalue weighted by molar-refractivity contribution is 5.37. The van der Waals surface area contributed by atoms with Gasteiger partial charge in [0.15, 0.2) is 0 Å². The maximum absolute atomic E-state index is 5.69. The highest BCUT2D eigenvalue weighted by Crippen LogP contribution is 2.32. The minimum atomic E-state index is 0.559. The zero-order valence-corrected chi connectivity index (χ0v) is 11.6. The quantitative estimate of drug-likeness (QED) is 0.847. The molecule has 1 unspecified atom stereocenters. The maximum atomic E-state index is 5.69. The summed E-state index contributed by atoms with van der Waals surface area (Å²) in [5.41, 5.74) is 2.48. The van der Waals surface area contributed by atoms with Crippen LogP contribution in [0.3, 0.4) is 0 Å². The molecule has 104 valence electrons. The van der Waals surface area contributed by atoms with Crippen LogP contribution in [0.15, 0.2) is 48.7 Å². The number of pyridine rings is 1. The standard InChI is InChI=1S/C17H20N2O/c1-2-7-17-16(6-1)14(9-12-20-17)13-18-11-8-15-5-3-4-10-19-15/h1-7,10,14,18H,8-9,11-13H2. The Morgan fingerprint density at radius 3 is 2.95 bits per heavy atom. The fraction of sp³-hybridized carbons (Fsp3) is 0.353. The van der Waals surface area contributed by atoms with Gasteiger partial charge in [-0.05, 0) is 30.2 Å². The van der Waals surface area contributed by atoms with E-state index in [-0.39, 0.29) is 0 Å². The van der Waals surface area contributed by atoms with Crippen LogP contribution in [0.25, 0.3) is 0 Å². The van der Waals surface area contributed by atoms with Crippen molar-refractivity contribution in [2.75, 3.05) is 19.7 Å². The van der Waals surface area contributed by atoms with Crippen LogP contribution in [-0.2, 0) is 6.42 Å². The van der Waals surface area contributed by atoms with Crippen molar-refractivity contribution in [3.05, 3.63) is 59.9 Å². The summed E-state index contributed by atoms with van der Waals surface area (Å²) >= 11 is 0. The Balaban J connectivity index is 1.50. The van der Waals surface area contributed by atoms with Gasteiger partial charge in [-0.15, -0.1) is 0 Å². The fourth-order valence-electron chi connectivity index (χ4n) is 2.67. The normalized spacial score (nSPS) is 17.3. The van der Waals surface area contributed by atoms with Crippen molar-refractivity contribution < 1.29 is 4.74 Å². The van der Waals surface area contributed by atoms with Crippen LogP contribution < -0.4 is 10.1 Å². The van der Waals surface area contributed by atoms with E-state index >= 15 is 0 Å². The van der Waals surface area contributed by atoms with Crippen LogP contribution in [0.4, 0.5) is 0 Å². The third-order valence-electron chi connectivity index (χ3n) is 3.76.